The minimum absolute atomic E-state index is 0.452. The normalized spacial score (nSPS) is 12.0. The van der Waals surface area contributed by atoms with Gasteiger partial charge >= 0.3 is 6.09 Å². The summed E-state index contributed by atoms with van der Waals surface area (Å²) in [6.45, 7) is 5.50. The Kier molecular flexibility index (Phi) is 3.31. The van der Waals surface area contributed by atoms with Crippen LogP contribution in [0.2, 0.25) is 0 Å². The molecule has 0 aliphatic heterocycles. The second-order valence-electron chi connectivity index (χ2n) is 6.70. The Labute approximate surface area is 143 Å². The third-order valence-corrected chi connectivity index (χ3v) is 3.74. The number of nitrogens with zero attached hydrogens (tertiary/aromatic N) is 5. The van der Waals surface area contributed by atoms with Crippen LogP contribution < -0.4 is 0 Å². The Balaban J connectivity index is 1.86. The third-order valence-electron chi connectivity index (χ3n) is 3.74. The summed E-state index contributed by atoms with van der Waals surface area (Å²) < 4.78 is 8.77. The fraction of sp³-hybridized carbons (Fsp3) is 0.222. The molecule has 4 aromatic rings. The van der Waals surface area contributed by atoms with E-state index in [0.29, 0.717) is 11.4 Å². The van der Waals surface area contributed by atoms with Crippen LogP contribution in [-0.2, 0) is 4.74 Å². The van der Waals surface area contributed by atoms with E-state index in [1.54, 1.807) is 24.8 Å². The van der Waals surface area contributed by atoms with Gasteiger partial charge in [0.2, 0.25) is 5.78 Å². The summed E-state index contributed by atoms with van der Waals surface area (Å²) in [4.78, 5) is 25.3. The minimum Gasteiger partial charge on any atom is -0.443 e. The maximum atomic E-state index is 12.4. The van der Waals surface area contributed by atoms with E-state index in [0.717, 1.165) is 16.6 Å². The topological polar surface area (TPSA) is 74.3 Å². The van der Waals surface area contributed by atoms with Gasteiger partial charge in [-0.3, -0.25) is 4.40 Å². The second kappa shape index (κ2) is 5.41. The number of carbonyl (C=O) groups is 1. The van der Waals surface area contributed by atoms with Crippen LogP contribution in [0.5, 0.6) is 0 Å². The molecule has 0 radical (unpaired) electrons. The predicted molar refractivity (Wildman–Crippen MR) is 93.3 cm³/mol. The largest absolute Gasteiger partial charge is 0.443 e. The maximum absolute atomic E-state index is 12.4. The Hall–Kier alpha value is -3.22. The van der Waals surface area contributed by atoms with Crippen LogP contribution in [0.3, 0.4) is 0 Å². The third kappa shape index (κ3) is 2.63. The molecule has 7 heteroatoms. The molecule has 0 aliphatic carbocycles. The highest BCUT2D eigenvalue weighted by Crippen LogP contribution is 2.28. The van der Waals surface area contributed by atoms with Crippen molar-refractivity contribution in [3.63, 3.8) is 0 Å². The average molecular weight is 335 g/mol. The molecule has 4 rings (SSSR count). The van der Waals surface area contributed by atoms with Gasteiger partial charge in [0.15, 0.2) is 0 Å². The molecule has 0 N–H and O–H groups in total. The Morgan fingerprint density at radius 2 is 1.92 bits per heavy atom. The number of rotatable bonds is 1. The molecule has 0 saturated heterocycles. The predicted octanol–water partition coefficient (Wildman–Crippen LogP) is 3.53. The van der Waals surface area contributed by atoms with Crippen molar-refractivity contribution in [3.8, 4) is 11.3 Å². The molecule has 7 nitrogen and oxygen atoms in total. The molecule has 0 atom stereocenters. The molecule has 0 aliphatic rings. The van der Waals surface area contributed by atoms with Crippen molar-refractivity contribution in [1.29, 1.82) is 0 Å². The van der Waals surface area contributed by atoms with Gasteiger partial charge in [0.1, 0.15) is 11.2 Å². The van der Waals surface area contributed by atoms with Gasteiger partial charge in [-0.1, -0.05) is 0 Å². The molecule has 0 bridgehead atoms. The molecule has 0 saturated carbocycles. The first-order valence-corrected chi connectivity index (χ1v) is 7.92. The van der Waals surface area contributed by atoms with Gasteiger partial charge in [0.05, 0.1) is 11.9 Å². The molecule has 0 aromatic carbocycles. The van der Waals surface area contributed by atoms with Gasteiger partial charge in [-0.25, -0.2) is 24.3 Å². The van der Waals surface area contributed by atoms with Crippen molar-refractivity contribution >= 4 is 22.9 Å². The fourth-order valence-corrected chi connectivity index (χ4v) is 2.75. The number of pyridine rings is 1. The van der Waals surface area contributed by atoms with Gasteiger partial charge < -0.3 is 4.74 Å². The van der Waals surface area contributed by atoms with E-state index >= 15 is 0 Å². The number of aromatic nitrogens is 5. The molecule has 0 spiro atoms. The van der Waals surface area contributed by atoms with Gasteiger partial charge in [0.25, 0.3) is 0 Å². The quantitative estimate of drug-likeness (QED) is 0.532. The standard InChI is InChI=1S/C18H17N5O2/c1-18(2,3)25-17(24)23-10-6-13-12(5-8-19-15(13)23)14-11-21-16-20-7-4-9-22(14)16/h4-11H,1-3H3. The molecule has 0 amide bonds. The molecular weight excluding hydrogens is 318 g/mol. The van der Waals surface area contributed by atoms with Crippen molar-refractivity contribution in [1.82, 2.24) is 23.9 Å². The van der Waals surface area contributed by atoms with Crippen LogP contribution >= 0.6 is 0 Å². The van der Waals surface area contributed by atoms with E-state index in [1.165, 1.54) is 4.57 Å². The van der Waals surface area contributed by atoms with E-state index in [4.69, 9.17) is 4.74 Å². The molecular formula is C18H17N5O2. The van der Waals surface area contributed by atoms with Crippen LogP contribution in [0.4, 0.5) is 4.79 Å². The molecule has 0 fully saturated rings. The van der Waals surface area contributed by atoms with E-state index < -0.39 is 11.7 Å². The zero-order chi connectivity index (χ0) is 17.6. The zero-order valence-electron chi connectivity index (χ0n) is 14.2. The number of carbonyl (C=O) groups excluding carboxylic acids is 1. The number of imidazole rings is 1. The van der Waals surface area contributed by atoms with Crippen LogP contribution in [0.1, 0.15) is 20.8 Å². The zero-order valence-corrected chi connectivity index (χ0v) is 14.2. The summed E-state index contributed by atoms with van der Waals surface area (Å²) in [5.74, 6) is 0.619. The second-order valence-corrected chi connectivity index (χ2v) is 6.70. The van der Waals surface area contributed by atoms with Gasteiger partial charge in [0, 0.05) is 35.7 Å². The lowest BCUT2D eigenvalue weighted by atomic mass is 10.1. The molecule has 4 aromatic heterocycles. The van der Waals surface area contributed by atoms with Crippen LogP contribution in [0.25, 0.3) is 28.1 Å². The summed E-state index contributed by atoms with van der Waals surface area (Å²) in [5.41, 5.74) is 1.79. The first-order chi connectivity index (χ1) is 11.9. The summed E-state index contributed by atoms with van der Waals surface area (Å²) in [6, 6.07) is 5.61. The van der Waals surface area contributed by atoms with Crippen molar-refractivity contribution in [3.05, 3.63) is 49.2 Å². The Morgan fingerprint density at radius 3 is 2.72 bits per heavy atom. The molecule has 0 unspecified atom stereocenters. The first kappa shape index (κ1) is 15.3. The average Bonchev–Trinajstić information content (AvgIpc) is 3.17. The van der Waals surface area contributed by atoms with Crippen LogP contribution in [0, 0.1) is 0 Å². The molecule has 4 heterocycles. The maximum Gasteiger partial charge on any atom is 0.420 e. The highest BCUT2D eigenvalue weighted by molar-refractivity contribution is 5.96. The van der Waals surface area contributed by atoms with Crippen molar-refractivity contribution in [2.75, 3.05) is 0 Å². The highest BCUT2D eigenvalue weighted by atomic mass is 16.6. The van der Waals surface area contributed by atoms with Gasteiger partial charge in [-0.05, 0) is 39.0 Å². The van der Waals surface area contributed by atoms with E-state index in [-0.39, 0.29) is 0 Å². The summed E-state index contributed by atoms with van der Waals surface area (Å²) in [6.07, 6.45) is 8.27. The number of fused-ring (bicyclic) bond motifs is 2. The fourth-order valence-electron chi connectivity index (χ4n) is 2.75. The van der Waals surface area contributed by atoms with Crippen LogP contribution in [0.15, 0.2) is 49.2 Å². The number of hydrogen-bond donors (Lipinski definition) is 0. The summed E-state index contributed by atoms with van der Waals surface area (Å²) in [5, 5.41) is 0.846. The lowest BCUT2D eigenvalue weighted by Crippen LogP contribution is -2.26. The highest BCUT2D eigenvalue weighted by Gasteiger charge is 2.21. The molecule has 126 valence electrons. The number of ether oxygens (including phenoxy) is 1. The lowest BCUT2D eigenvalue weighted by Gasteiger charge is -2.19. The monoisotopic (exact) mass is 335 g/mol. The summed E-state index contributed by atoms with van der Waals surface area (Å²) in [7, 11) is 0. The SMILES string of the molecule is CC(C)(C)OC(=O)n1ccc2c(-c3cnc4ncccn34)ccnc21. The van der Waals surface area contributed by atoms with E-state index in [1.807, 2.05) is 49.6 Å². The first-order valence-electron chi connectivity index (χ1n) is 7.92. The number of hydrogen-bond acceptors (Lipinski definition) is 5. The van der Waals surface area contributed by atoms with E-state index in [9.17, 15) is 4.79 Å². The van der Waals surface area contributed by atoms with Gasteiger partial charge in [-0.2, -0.15) is 0 Å². The van der Waals surface area contributed by atoms with Gasteiger partial charge in [-0.15, -0.1) is 0 Å². The Bertz CT molecular complexity index is 1090. The summed E-state index contributed by atoms with van der Waals surface area (Å²) >= 11 is 0. The van der Waals surface area contributed by atoms with Crippen LogP contribution in [-0.4, -0.2) is 35.6 Å². The molecule has 25 heavy (non-hydrogen) atoms. The van der Waals surface area contributed by atoms with Crippen molar-refractivity contribution in [2.45, 2.75) is 26.4 Å². The van der Waals surface area contributed by atoms with Crippen molar-refractivity contribution < 1.29 is 9.53 Å². The lowest BCUT2D eigenvalue weighted by molar-refractivity contribution is 0.0543. The minimum atomic E-state index is -0.571. The smallest absolute Gasteiger partial charge is 0.420 e. The van der Waals surface area contributed by atoms with E-state index in [2.05, 4.69) is 15.0 Å². The Morgan fingerprint density at radius 1 is 1.08 bits per heavy atom. The van der Waals surface area contributed by atoms with Crippen molar-refractivity contribution in [2.24, 2.45) is 0 Å².